The zero-order valence-electron chi connectivity index (χ0n) is 15.0. The fourth-order valence-corrected chi connectivity index (χ4v) is 2.61. The van der Waals surface area contributed by atoms with Crippen LogP contribution >= 0.6 is 0 Å². The third-order valence-corrected chi connectivity index (χ3v) is 4.06. The zero-order valence-corrected chi connectivity index (χ0v) is 15.0. The van der Waals surface area contributed by atoms with Crippen LogP contribution in [0, 0.1) is 6.92 Å². The standard InChI is InChI=1S/C20H22N4O2/c1-3-26-18-11-9-16(10-12-18)13-21-20(25)19-15(2)24(23-22-19)14-17-7-5-4-6-8-17/h4-12H,3,13-14H2,1-2H3,(H,21,25). The summed E-state index contributed by atoms with van der Waals surface area (Å²) in [5, 5.41) is 11.0. The summed E-state index contributed by atoms with van der Waals surface area (Å²) in [7, 11) is 0. The number of ether oxygens (including phenoxy) is 1. The molecule has 6 heteroatoms. The maximum Gasteiger partial charge on any atom is 0.274 e. The molecule has 2 aromatic carbocycles. The van der Waals surface area contributed by atoms with E-state index in [9.17, 15) is 4.79 Å². The van der Waals surface area contributed by atoms with Gasteiger partial charge in [-0.3, -0.25) is 4.79 Å². The van der Waals surface area contributed by atoms with Crippen LogP contribution in [0.4, 0.5) is 0 Å². The van der Waals surface area contributed by atoms with Crippen LogP contribution in [-0.2, 0) is 13.1 Å². The van der Waals surface area contributed by atoms with E-state index in [0.29, 0.717) is 25.4 Å². The molecule has 1 heterocycles. The van der Waals surface area contributed by atoms with Gasteiger partial charge in [0.15, 0.2) is 5.69 Å². The summed E-state index contributed by atoms with van der Waals surface area (Å²) in [5.74, 6) is 0.595. The number of nitrogens with zero attached hydrogens (tertiary/aromatic N) is 3. The van der Waals surface area contributed by atoms with E-state index in [1.54, 1.807) is 4.68 Å². The Hall–Kier alpha value is -3.15. The Morgan fingerprint density at radius 1 is 1.08 bits per heavy atom. The first-order valence-electron chi connectivity index (χ1n) is 8.61. The van der Waals surface area contributed by atoms with Crippen molar-refractivity contribution in [3.05, 3.63) is 77.1 Å². The first-order valence-corrected chi connectivity index (χ1v) is 8.61. The average molecular weight is 350 g/mol. The Morgan fingerprint density at radius 2 is 1.81 bits per heavy atom. The highest BCUT2D eigenvalue weighted by atomic mass is 16.5. The van der Waals surface area contributed by atoms with Gasteiger partial charge in [0.2, 0.25) is 0 Å². The van der Waals surface area contributed by atoms with E-state index in [-0.39, 0.29) is 5.91 Å². The van der Waals surface area contributed by atoms with Crippen molar-refractivity contribution in [3.63, 3.8) is 0 Å². The lowest BCUT2D eigenvalue weighted by molar-refractivity contribution is 0.0945. The van der Waals surface area contributed by atoms with Crippen LogP contribution in [0.5, 0.6) is 5.75 Å². The van der Waals surface area contributed by atoms with Crippen molar-refractivity contribution in [2.45, 2.75) is 26.9 Å². The molecule has 3 rings (SSSR count). The van der Waals surface area contributed by atoms with Crippen molar-refractivity contribution >= 4 is 5.91 Å². The minimum Gasteiger partial charge on any atom is -0.494 e. The molecule has 0 atom stereocenters. The second kappa shape index (κ2) is 8.29. The Morgan fingerprint density at radius 3 is 2.50 bits per heavy atom. The van der Waals surface area contributed by atoms with Crippen molar-refractivity contribution in [3.8, 4) is 5.75 Å². The molecule has 0 aliphatic heterocycles. The van der Waals surface area contributed by atoms with Crippen LogP contribution in [0.2, 0.25) is 0 Å². The summed E-state index contributed by atoms with van der Waals surface area (Å²) in [6.07, 6.45) is 0. The fraction of sp³-hybridized carbons (Fsp3) is 0.250. The van der Waals surface area contributed by atoms with Crippen molar-refractivity contribution in [1.82, 2.24) is 20.3 Å². The predicted octanol–water partition coefficient (Wildman–Crippen LogP) is 2.96. The molecule has 0 saturated heterocycles. The Bertz CT molecular complexity index is 857. The molecule has 0 bridgehead atoms. The Kier molecular flexibility index (Phi) is 5.63. The van der Waals surface area contributed by atoms with Gasteiger partial charge < -0.3 is 10.1 Å². The number of hydrogen-bond acceptors (Lipinski definition) is 4. The molecule has 26 heavy (non-hydrogen) atoms. The summed E-state index contributed by atoms with van der Waals surface area (Å²) in [6, 6.07) is 17.6. The van der Waals surface area contributed by atoms with Gasteiger partial charge in [0, 0.05) is 6.54 Å². The van der Waals surface area contributed by atoms with E-state index >= 15 is 0 Å². The van der Waals surface area contributed by atoms with Crippen molar-refractivity contribution in [2.75, 3.05) is 6.61 Å². The fourth-order valence-electron chi connectivity index (χ4n) is 2.61. The minimum atomic E-state index is -0.226. The van der Waals surface area contributed by atoms with Gasteiger partial charge in [0.1, 0.15) is 5.75 Å². The number of hydrogen-bond donors (Lipinski definition) is 1. The molecule has 6 nitrogen and oxygen atoms in total. The molecule has 134 valence electrons. The second-order valence-corrected chi connectivity index (χ2v) is 5.93. The molecule has 1 amide bonds. The SMILES string of the molecule is CCOc1ccc(CNC(=O)c2nnn(Cc3ccccc3)c2C)cc1. The van der Waals surface area contributed by atoms with Crippen LogP contribution in [-0.4, -0.2) is 27.5 Å². The third-order valence-electron chi connectivity index (χ3n) is 4.06. The molecule has 0 unspecified atom stereocenters. The van der Waals surface area contributed by atoms with Crippen molar-refractivity contribution in [1.29, 1.82) is 0 Å². The van der Waals surface area contributed by atoms with E-state index in [1.807, 2.05) is 68.4 Å². The summed E-state index contributed by atoms with van der Waals surface area (Å²) in [6.45, 7) is 5.45. The maximum absolute atomic E-state index is 12.4. The third kappa shape index (κ3) is 4.27. The number of aromatic nitrogens is 3. The second-order valence-electron chi connectivity index (χ2n) is 5.93. The zero-order chi connectivity index (χ0) is 18.4. The summed E-state index contributed by atoms with van der Waals surface area (Å²) < 4.78 is 7.15. The molecule has 0 radical (unpaired) electrons. The summed E-state index contributed by atoms with van der Waals surface area (Å²) in [5.41, 5.74) is 3.21. The topological polar surface area (TPSA) is 69.0 Å². The van der Waals surface area contributed by atoms with Gasteiger partial charge in [-0.25, -0.2) is 4.68 Å². The molecule has 0 saturated carbocycles. The number of carbonyl (C=O) groups is 1. The van der Waals surface area contributed by atoms with E-state index < -0.39 is 0 Å². The number of rotatable bonds is 7. The lowest BCUT2D eigenvalue weighted by atomic mass is 10.2. The highest BCUT2D eigenvalue weighted by molar-refractivity contribution is 5.93. The molecule has 3 aromatic rings. The minimum absolute atomic E-state index is 0.226. The molecular formula is C20H22N4O2. The van der Waals surface area contributed by atoms with Crippen molar-refractivity contribution in [2.24, 2.45) is 0 Å². The van der Waals surface area contributed by atoms with Crippen LogP contribution in [0.25, 0.3) is 0 Å². The van der Waals surface area contributed by atoms with Gasteiger partial charge in [-0.15, -0.1) is 5.10 Å². The van der Waals surface area contributed by atoms with E-state index in [1.165, 1.54) is 0 Å². The maximum atomic E-state index is 12.4. The molecule has 0 fully saturated rings. The molecule has 0 spiro atoms. The molecule has 1 aromatic heterocycles. The van der Waals surface area contributed by atoms with Crippen LogP contribution in [0.1, 0.15) is 34.2 Å². The van der Waals surface area contributed by atoms with Gasteiger partial charge in [-0.1, -0.05) is 47.7 Å². The van der Waals surface area contributed by atoms with E-state index in [4.69, 9.17) is 4.74 Å². The molecular weight excluding hydrogens is 328 g/mol. The quantitative estimate of drug-likeness (QED) is 0.711. The summed E-state index contributed by atoms with van der Waals surface area (Å²) >= 11 is 0. The van der Waals surface area contributed by atoms with Crippen LogP contribution < -0.4 is 10.1 Å². The predicted molar refractivity (Wildman–Crippen MR) is 99.1 cm³/mol. The summed E-state index contributed by atoms with van der Waals surface area (Å²) in [4.78, 5) is 12.4. The number of benzene rings is 2. The molecule has 0 aliphatic rings. The van der Waals surface area contributed by atoms with Crippen LogP contribution in [0.15, 0.2) is 54.6 Å². The van der Waals surface area contributed by atoms with E-state index in [0.717, 1.165) is 22.6 Å². The van der Waals surface area contributed by atoms with Gasteiger partial charge in [-0.05, 0) is 37.1 Å². The number of carbonyl (C=O) groups excluding carboxylic acids is 1. The van der Waals surface area contributed by atoms with Gasteiger partial charge >= 0.3 is 0 Å². The van der Waals surface area contributed by atoms with Gasteiger partial charge in [0.05, 0.1) is 18.8 Å². The van der Waals surface area contributed by atoms with E-state index in [2.05, 4.69) is 15.6 Å². The highest BCUT2D eigenvalue weighted by Gasteiger charge is 2.16. The first-order chi connectivity index (χ1) is 12.7. The normalized spacial score (nSPS) is 10.5. The highest BCUT2D eigenvalue weighted by Crippen LogP contribution is 2.12. The molecule has 0 aliphatic carbocycles. The van der Waals surface area contributed by atoms with Gasteiger partial charge in [0.25, 0.3) is 5.91 Å². The Labute approximate surface area is 152 Å². The lowest BCUT2D eigenvalue weighted by Crippen LogP contribution is -2.24. The van der Waals surface area contributed by atoms with Crippen LogP contribution in [0.3, 0.4) is 0 Å². The van der Waals surface area contributed by atoms with Crippen molar-refractivity contribution < 1.29 is 9.53 Å². The number of amides is 1. The first kappa shape index (κ1) is 17.7. The average Bonchev–Trinajstić information content (AvgIpc) is 3.02. The monoisotopic (exact) mass is 350 g/mol. The smallest absolute Gasteiger partial charge is 0.274 e. The Balaban J connectivity index is 1.61. The molecule has 1 N–H and O–H groups in total. The lowest BCUT2D eigenvalue weighted by Gasteiger charge is -2.07. The van der Waals surface area contributed by atoms with Gasteiger partial charge in [-0.2, -0.15) is 0 Å². The number of nitrogens with one attached hydrogen (secondary N) is 1. The largest absolute Gasteiger partial charge is 0.494 e.